The van der Waals surface area contributed by atoms with Gasteiger partial charge in [0.2, 0.25) is 0 Å². The van der Waals surface area contributed by atoms with E-state index >= 15 is 0 Å². The first-order valence-corrected chi connectivity index (χ1v) is 9.73. The number of hydrogen-bond donors (Lipinski definition) is 0. The highest BCUT2D eigenvalue weighted by molar-refractivity contribution is 5.95. The zero-order valence-electron chi connectivity index (χ0n) is 16.3. The molecular weight excluding hydrogens is 339 g/mol. The van der Waals surface area contributed by atoms with Gasteiger partial charge in [0, 0.05) is 29.9 Å². The lowest BCUT2D eigenvalue weighted by Crippen LogP contribution is -2.49. The van der Waals surface area contributed by atoms with Crippen LogP contribution in [-0.4, -0.2) is 35.0 Å². The number of carbonyl (C=O) groups is 1. The van der Waals surface area contributed by atoms with Gasteiger partial charge in [-0.1, -0.05) is 23.8 Å². The van der Waals surface area contributed by atoms with Gasteiger partial charge in [-0.15, -0.1) is 0 Å². The van der Waals surface area contributed by atoms with Crippen molar-refractivity contribution in [3.63, 3.8) is 0 Å². The van der Waals surface area contributed by atoms with Crippen LogP contribution in [0.5, 0.6) is 0 Å². The zero-order chi connectivity index (χ0) is 19.2. The number of nitrogens with zero attached hydrogens (tertiary/aromatic N) is 2. The molecule has 2 aliphatic rings. The van der Waals surface area contributed by atoms with Crippen LogP contribution >= 0.6 is 0 Å². The molecule has 0 N–H and O–H groups in total. The van der Waals surface area contributed by atoms with E-state index in [2.05, 4.69) is 23.6 Å². The van der Waals surface area contributed by atoms with Gasteiger partial charge in [-0.3, -0.25) is 4.79 Å². The van der Waals surface area contributed by atoms with E-state index < -0.39 is 0 Å². The maximum absolute atomic E-state index is 13.8. The maximum Gasteiger partial charge on any atom is 0.254 e. The number of hydrogen-bond acceptors (Lipinski definition) is 2. The fourth-order valence-corrected chi connectivity index (χ4v) is 5.09. The average molecular weight is 366 g/mol. The van der Waals surface area contributed by atoms with Crippen molar-refractivity contribution >= 4 is 11.6 Å². The summed E-state index contributed by atoms with van der Waals surface area (Å²) in [6.45, 7) is 7.95. The second-order valence-electron chi connectivity index (χ2n) is 8.71. The van der Waals surface area contributed by atoms with Gasteiger partial charge in [-0.2, -0.15) is 0 Å². The largest absolute Gasteiger partial charge is 0.364 e. The summed E-state index contributed by atoms with van der Waals surface area (Å²) >= 11 is 0. The van der Waals surface area contributed by atoms with Gasteiger partial charge in [0.1, 0.15) is 5.82 Å². The predicted molar refractivity (Wildman–Crippen MR) is 107 cm³/mol. The van der Waals surface area contributed by atoms with Gasteiger partial charge >= 0.3 is 0 Å². The minimum absolute atomic E-state index is 0.119. The third kappa shape index (κ3) is 3.11. The molecule has 4 rings (SSSR count). The normalized spacial score (nSPS) is 24.0. The molecule has 2 fully saturated rings. The van der Waals surface area contributed by atoms with Crippen LogP contribution in [0, 0.1) is 12.7 Å². The molecule has 4 heteroatoms. The molecule has 2 heterocycles. The summed E-state index contributed by atoms with van der Waals surface area (Å²) < 4.78 is 13.8. The molecule has 2 saturated heterocycles. The lowest BCUT2D eigenvalue weighted by atomic mass is 9.87. The van der Waals surface area contributed by atoms with E-state index in [0.29, 0.717) is 0 Å². The molecule has 0 aromatic heterocycles. The van der Waals surface area contributed by atoms with E-state index in [1.54, 1.807) is 12.1 Å². The Bertz CT molecular complexity index is 878. The quantitative estimate of drug-likeness (QED) is 0.762. The monoisotopic (exact) mass is 366 g/mol. The Hall–Kier alpha value is -2.36. The average Bonchev–Trinajstić information content (AvgIpc) is 3.14. The topological polar surface area (TPSA) is 23.6 Å². The predicted octanol–water partition coefficient (Wildman–Crippen LogP) is 4.80. The Morgan fingerprint density at radius 3 is 2.63 bits per heavy atom. The second-order valence-corrected chi connectivity index (χ2v) is 8.71. The molecule has 1 amide bonds. The van der Waals surface area contributed by atoms with Crippen LogP contribution in [0.3, 0.4) is 0 Å². The van der Waals surface area contributed by atoms with Gasteiger partial charge < -0.3 is 9.80 Å². The highest BCUT2D eigenvalue weighted by Crippen LogP contribution is 2.47. The van der Waals surface area contributed by atoms with Crippen LogP contribution in [-0.2, 0) is 0 Å². The molecule has 2 aliphatic heterocycles. The Kier molecular flexibility index (Phi) is 4.25. The van der Waals surface area contributed by atoms with E-state index in [-0.39, 0.29) is 22.8 Å². The molecule has 2 aromatic carbocycles. The van der Waals surface area contributed by atoms with E-state index in [9.17, 15) is 9.18 Å². The molecule has 0 aliphatic carbocycles. The molecule has 1 spiro atoms. The molecule has 1 atom stereocenters. The second kappa shape index (κ2) is 6.36. The summed E-state index contributed by atoms with van der Waals surface area (Å²) in [5, 5.41) is 0. The summed E-state index contributed by atoms with van der Waals surface area (Å²) in [6, 6.07) is 14.6. The molecular formula is C23H27FN2O. The van der Waals surface area contributed by atoms with Crippen molar-refractivity contribution in [3.05, 3.63) is 65.5 Å². The van der Waals surface area contributed by atoms with Crippen molar-refractivity contribution in [1.82, 2.24) is 4.90 Å². The van der Waals surface area contributed by atoms with Crippen molar-refractivity contribution in [2.75, 3.05) is 18.0 Å². The highest BCUT2D eigenvalue weighted by atomic mass is 19.1. The van der Waals surface area contributed by atoms with E-state index in [4.69, 9.17) is 0 Å². The number of aryl methyl sites for hydroxylation is 1. The van der Waals surface area contributed by atoms with Crippen LogP contribution < -0.4 is 4.90 Å². The number of halogens is 1. The van der Waals surface area contributed by atoms with Crippen molar-refractivity contribution in [2.45, 2.75) is 51.1 Å². The van der Waals surface area contributed by atoms with Crippen molar-refractivity contribution in [1.29, 1.82) is 0 Å². The smallest absolute Gasteiger partial charge is 0.254 e. The standard InChI is InChI=1S/C23H27FN2O/c1-17-7-4-8-18(13-17)21(27)25-12-6-11-23(25)15-22(2,3)26(16-23)20-10-5-9-19(24)14-20/h4-5,7-10,13-14H,6,11-12,15-16H2,1-3H3. The van der Waals surface area contributed by atoms with E-state index in [1.807, 2.05) is 37.3 Å². The first-order chi connectivity index (χ1) is 12.8. The molecule has 1 unspecified atom stereocenters. The van der Waals surface area contributed by atoms with Crippen LogP contribution in [0.1, 0.15) is 49.0 Å². The maximum atomic E-state index is 13.8. The Morgan fingerprint density at radius 1 is 1.11 bits per heavy atom. The number of carbonyl (C=O) groups excluding carboxylic acids is 1. The van der Waals surface area contributed by atoms with Crippen LogP contribution in [0.15, 0.2) is 48.5 Å². The van der Waals surface area contributed by atoms with Gasteiger partial charge in [0.15, 0.2) is 0 Å². The molecule has 27 heavy (non-hydrogen) atoms. The molecule has 0 saturated carbocycles. The summed E-state index contributed by atoms with van der Waals surface area (Å²) in [6.07, 6.45) is 2.92. The van der Waals surface area contributed by atoms with Crippen molar-refractivity contribution in [2.24, 2.45) is 0 Å². The van der Waals surface area contributed by atoms with Gasteiger partial charge in [0.25, 0.3) is 5.91 Å². The van der Waals surface area contributed by atoms with E-state index in [1.165, 1.54) is 6.07 Å². The SMILES string of the molecule is Cc1cccc(C(=O)N2CCCC23CN(c2cccc(F)c2)C(C)(C)C3)c1. The Labute approximate surface area is 160 Å². The Balaban J connectivity index is 1.67. The number of rotatable bonds is 2. The van der Waals surface area contributed by atoms with Crippen molar-refractivity contribution < 1.29 is 9.18 Å². The molecule has 3 nitrogen and oxygen atoms in total. The number of benzene rings is 2. The summed E-state index contributed by atoms with van der Waals surface area (Å²) in [4.78, 5) is 17.7. The first kappa shape index (κ1) is 18.0. The van der Waals surface area contributed by atoms with Crippen molar-refractivity contribution in [3.8, 4) is 0 Å². The fourth-order valence-electron chi connectivity index (χ4n) is 5.09. The third-order valence-corrected chi connectivity index (χ3v) is 6.17. The first-order valence-electron chi connectivity index (χ1n) is 9.73. The van der Waals surface area contributed by atoms with E-state index in [0.717, 1.165) is 49.2 Å². The zero-order valence-corrected chi connectivity index (χ0v) is 16.3. The summed E-state index contributed by atoms with van der Waals surface area (Å²) in [5.41, 5.74) is 2.44. The van der Waals surface area contributed by atoms with Gasteiger partial charge in [0.05, 0.1) is 5.54 Å². The molecule has 0 bridgehead atoms. The molecule has 2 aromatic rings. The van der Waals surface area contributed by atoms with Gasteiger partial charge in [-0.05, 0) is 70.4 Å². The minimum atomic E-state index is -0.219. The van der Waals surface area contributed by atoms with Crippen LogP contribution in [0.4, 0.5) is 10.1 Å². The van der Waals surface area contributed by atoms with Crippen LogP contribution in [0.25, 0.3) is 0 Å². The number of likely N-dealkylation sites (tertiary alicyclic amines) is 1. The summed E-state index contributed by atoms with van der Waals surface area (Å²) in [5.74, 6) is -0.101. The van der Waals surface area contributed by atoms with Crippen LogP contribution in [0.2, 0.25) is 0 Å². The number of amides is 1. The molecule has 0 radical (unpaired) electrons. The molecule has 142 valence electrons. The highest BCUT2D eigenvalue weighted by Gasteiger charge is 2.54. The lowest BCUT2D eigenvalue weighted by Gasteiger charge is -2.35. The summed E-state index contributed by atoms with van der Waals surface area (Å²) in [7, 11) is 0. The minimum Gasteiger partial charge on any atom is -0.364 e. The lowest BCUT2D eigenvalue weighted by molar-refractivity contribution is 0.0617. The Morgan fingerprint density at radius 2 is 1.89 bits per heavy atom. The van der Waals surface area contributed by atoms with Gasteiger partial charge in [-0.25, -0.2) is 4.39 Å². The third-order valence-electron chi connectivity index (χ3n) is 6.17. The fraction of sp³-hybridized carbons (Fsp3) is 0.435. The number of anilines is 1.